The quantitative estimate of drug-likeness (QED) is 0.780. The topological polar surface area (TPSA) is 29.1 Å². The van der Waals surface area contributed by atoms with E-state index in [1.54, 1.807) is 18.3 Å². The second-order valence-corrected chi connectivity index (χ2v) is 4.10. The zero-order valence-electron chi connectivity index (χ0n) is 8.04. The molecule has 1 heterocycles. The molecule has 0 aliphatic heterocycles. The smallest absolute Gasteiger partial charge is 0.146 e. The largest absolute Gasteiger partial charge is 0.311 e. The lowest BCUT2D eigenvalue weighted by Crippen LogP contribution is -2.32. The Hall–Kier alpha value is -0.670. The molecule has 1 atom stereocenters. The predicted octanol–water partition coefficient (Wildman–Crippen LogP) is 1.86. The maximum Gasteiger partial charge on any atom is 0.146 e. The number of hydrogen-bond donors (Lipinski definition) is 1. The summed E-state index contributed by atoms with van der Waals surface area (Å²) >= 11 is 1.75. The SMILES string of the molecule is CN[C@H](CCc1cccs1)C(C)=O. The molecule has 0 saturated heterocycles. The van der Waals surface area contributed by atoms with Crippen molar-refractivity contribution < 1.29 is 4.79 Å². The zero-order valence-corrected chi connectivity index (χ0v) is 8.86. The highest BCUT2D eigenvalue weighted by Crippen LogP contribution is 2.12. The second-order valence-electron chi connectivity index (χ2n) is 3.07. The Morgan fingerprint density at radius 1 is 1.69 bits per heavy atom. The molecule has 0 aromatic carbocycles. The first kappa shape index (κ1) is 10.4. The third-order valence-corrected chi connectivity index (χ3v) is 3.03. The Bertz CT molecular complexity index is 256. The molecule has 0 fully saturated rings. The van der Waals surface area contributed by atoms with Gasteiger partial charge in [0.2, 0.25) is 0 Å². The number of ketones is 1. The molecule has 0 radical (unpaired) electrons. The molecule has 0 saturated carbocycles. The van der Waals surface area contributed by atoms with Gasteiger partial charge in [0.05, 0.1) is 6.04 Å². The van der Waals surface area contributed by atoms with Gasteiger partial charge in [0.25, 0.3) is 0 Å². The Labute approximate surface area is 83.0 Å². The van der Waals surface area contributed by atoms with Crippen LogP contribution in [0.4, 0.5) is 0 Å². The van der Waals surface area contributed by atoms with Crippen LogP contribution in [-0.2, 0) is 11.2 Å². The molecular formula is C10H15NOS. The summed E-state index contributed by atoms with van der Waals surface area (Å²) in [5.74, 6) is 0.221. The number of likely N-dealkylation sites (N-methyl/N-ethyl adjacent to an activating group) is 1. The summed E-state index contributed by atoms with van der Waals surface area (Å²) < 4.78 is 0. The van der Waals surface area contributed by atoms with Crippen molar-refractivity contribution in [2.24, 2.45) is 0 Å². The summed E-state index contributed by atoms with van der Waals surface area (Å²) in [4.78, 5) is 12.4. The van der Waals surface area contributed by atoms with Gasteiger partial charge < -0.3 is 5.32 Å². The van der Waals surface area contributed by atoms with Crippen LogP contribution in [0.25, 0.3) is 0 Å². The lowest BCUT2D eigenvalue weighted by molar-refractivity contribution is -0.119. The van der Waals surface area contributed by atoms with E-state index in [0.29, 0.717) is 0 Å². The molecule has 13 heavy (non-hydrogen) atoms. The van der Waals surface area contributed by atoms with Crippen molar-refractivity contribution in [2.45, 2.75) is 25.8 Å². The molecule has 1 aromatic rings. The van der Waals surface area contributed by atoms with Crippen molar-refractivity contribution in [1.29, 1.82) is 0 Å². The summed E-state index contributed by atoms with van der Waals surface area (Å²) in [5.41, 5.74) is 0. The summed E-state index contributed by atoms with van der Waals surface area (Å²) in [6, 6.07) is 4.17. The summed E-state index contributed by atoms with van der Waals surface area (Å²) in [6.45, 7) is 1.63. The van der Waals surface area contributed by atoms with Crippen LogP contribution in [-0.4, -0.2) is 18.9 Å². The van der Waals surface area contributed by atoms with Gasteiger partial charge in [-0.2, -0.15) is 0 Å². The number of nitrogens with one attached hydrogen (secondary N) is 1. The molecule has 1 aromatic heterocycles. The van der Waals surface area contributed by atoms with Crippen LogP contribution in [0, 0.1) is 0 Å². The van der Waals surface area contributed by atoms with Crippen molar-refractivity contribution in [3.8, 4) is 0 Å². The van der Waals surface area contributed by atoms with Crippen molar-refractivity contribution >= 4 is 17.1 Å². The fraction of sp³-hybridized carbons (Fsp3) is 0.500. The number of carbonyl (C=O) groups is 1. The Kier molecular flexibility index (Phi) is 4.12. The molecule has 0 aliphatic rings. The second kappa shape index (κ2) is 5.14. The highest BCUT2D eigenvalue weighted by atomic mass is 32.1. The van der Waals surface area contributed by atoms with Crippen LogP contribution < -0.4 is 5.32 Å². The van der Waals surface area contributed by atoms with Crippen LogP contribution in [0.15, 0.2) is 17.5 Å². The van der Waals surface area contributed by atoms with Crippen LogP contribution >= 0.6 is 11.3 Å². The van der Waals surface area contributed by atoms with Gasteiger partial charge in [-0.15, -0.1) is 11.3 Å². The molecule has 3 heteroatoms. The van der Waals surface area contributed by atoms with Gasteiger partial charge in [0.1, 0.15) is 5.78 Å². The van der Waals surface area contributed by atoms with E-state index < -0.39 is 0 Å². The maximum atomic E-state index is 11.1. The molecule has 0 bridgehead atoms. The molecule has 1 N–H and O–H groups in total. The van der Waals surface area contributed by atoms with Gasteiger partial charge in [-0.1, -0.05) is 6.07 Å². The van der Waals surface area contributed by atoms with Crippen molar-refractivity contribution in [3.05, 3.63) is 22.4 Å². The van der Waals surface area contributed by atoms with Gasteiger partial charge in [-0.25, -0.2) is 0 Å². The summed E-state index contributed by atoms with van der Waals surface area (Å²) in [6.07, 6.45) is 1.88. The molecule has 0 unspecified atom stereocenters. The molecule has 0 spiro atoms. The Balaban J connectivity index is 2.36. The number of aryl methyl sites for hydroxylation is 1. The summed E-state index contributed by atoms with van der Waals surface area (Å²) in [5, 5.41) is 5.09. The zero-order chi connectivity index (χ0) is 9.68. The van der Waals surface area contributed by atoms with Gasteiger partial charge in [-0.05, 0) is 38.3 Å². The van der Waals surface area contributed by atoms with Gasteiger partial charge in [-0.3, -0.25) is 4.79 Å². The monoisotopic (exact) mass is 197 g/mol. The first-order valence-electron chi connectivity index (χ1n) is 4.44. The molecule has 1 rings (SSSR count). The van der Waals surface area contributed by atoms with Crippen LogP contribution in [0.2, 0.25) is 0 Å². The highest BCUT2D eigenvalue weighted by Gasteiger charge is 2.10. The van der Waals surface area contributed by atoms with Crippen LogP contribution in [0.1, 0.15) is 18.2 Å². The van der Waals surface area contributed by atoms with E-state index in [-0.39, 0.29) is 11.8 Å². The minimum absolute atomic E-state index is 0.0158. The van der Waals surface area contributed by atoms with Crippen LogP contribution in [0.3, 0.4) is 0 Å². The number of thiophene rings is 1. The van der Waals surface area contributed by atoms with Gasteiger partial charge in [0, 0.05) is 4.88 Å². The van der Waals surface area contributed by atoms with Crippen LogP contribution in [0.5, 0.6) is 0 Å². The number of carbonyl (C=O) groups excluding carboxylic acids is 1. The Morgan fingerprint density at radius 3 is 2.92 bits per heavy atom. The van der Waals surface area contributed by atoms with E-state index >= 15 is 0 Å². The minimum atomic E-state index is 0.0158. The molecule has 0 aliphatic carbocycles. The lowest BCUT2D eigenvalue weighted by Gasteiger charge is -2.10. The molecular weight excluding hydrogens is 182 g/mol. The Morgan fingerprint density at radius 2 is 2.46 bits per heavy atom. The lowest BCUT2D eigenvalue weighted by atomic mass is 10.1. The van der Waals surface area contributed by atoms with E-state index in [9.17, 15) is 4.79 Å². The number of Topliss-reactive ketones (excluding diaryl/α,β-unsaturated/α-hetero) is 1. The van der Waals surface area contributed by atoms with Gasteiger partial charge in [0.15, 0.2) is 0 Å². The van der Waals surface area contributed by atoms with Crippen molar-refractivity contribution in [2.75, 3.05) is 7.05 Å². The summed E-state index contributed by atoms with van der Waals surface area (Å²) in [7, 11) is 1.83. The number of rotatable bonds is 5. The average Bonchev–Trinajstić information content (AvgIpc) is 2.57. The average molecular weight is 197 g/mol. The van der Waals surface area contributed by atoms with Gasteiger partial charge >= 0.3 is 0 Å². The van der Waals surface area contributed by atoms with E-state index in [0.717, 1.165) is 12.8 Å². The van der Waals surface area contributed by atoms with E-state index in [1.807, 2.05) is 13.1 Å². The van der Waals surface area contributed by atoms with Crippen molar-refractivity contribution in [3.63, 3.8) is 0 Å². The van der Waals surface area contributed by atoms with E-state index in [2.05, 4.69) is 16.8 Å². The molecule has 2 nitrogen and oxygen atoms in total. The maximum absolute atomic E-state index is 11.1. The van der Waals surface area contributed by atoms with Crippen molar-refractivity contribution in [1.82, 2.24) is 5.32 Å². The normalized spacial score (nSPS) is 12.8. The highest BCUT2D eigenvalue weighted by molar-refractivity contribution is 7.09. The minimum Gasteiger partial charge on any atom is -0.311 e. The molecule has 0 amide bonds. The van der Waals surface area contributed by atoms with E-state index in [1.165, 1.54) is 4.88 Å². The predicted molar refractivity (Wildman–Crippen MR) is 56.2 cm³/mol. The molecule has 72 valence electrons. The fourth-order valence-electron chi connectivity index (χ4n) is 1.29. The van der Waals surface area contributed by atoms with E-state index in [4.69, 9.17) is 0 Å². The third-order valence-electron chi connectivity index (χ3n) is 2.10. The first-order valence-corrected chi connectivity index (χ1v) is 5.32. The third kappa shape index (κ3) is 3.28. The number of hydrogen-bond acceptors (Lipinski definition) is 3. The standard InChI is InChI=1S/C10H15NOS/c1-8(12)10(11-2)6-5-9-4-3-7-13-9/h3-4,7,10-11H,5-6H2,1-2H3/t10-/m1/s1. The first-order chi connectivity index (χ1) is 6.24. The fourth-order valence-corrected chi connectivity index (χ4v) is 2.02.